The number of aromatic amines is 1. The minimum absolute atomic E-state index is 0.153. The number of fused-ring (bicyclic) bond motifs is 1. The lowest BCUT2D eigenvalue weighted by Gasteiger charge is -2.08. The van der Waals surface area contributed by atoms with Crippen molar-refractivity contribution < 1.29 is 0 Å². The summed E-state index contributed by atoms with van der Waals surface area (Å²) in [6.07, 6.45) is 4.11. The number of rotatable bonds is 3. The molecule has 0 radical (unpaired) electrons. The lowest BCUT2D eigenvalue weighted by Crippen LogP contribution is -2.12. The van der Waals surface area contributed by atoms with Gasteiger partial charge >= 0.3 is 0 Å². The monoisotopic (exact) mass is 345 g/mol. The zero-order chi connectivity index (χ0) is 18.3. The van der Waals surface area contributed by atoms with Crippen LogP contribution in [0.25, 0.3) is 17.2 Å². The average Bonchev–Trinajstić information content (AvgIpc) is 2.93. The van der Waals surface area contributed by atoms with E-state index in [1.165, 1.54) is 0 Å². The second-order valence-corrected chi connectivity index (χ2v) is 6.46. The highest BCUT2D eigenvalue weighted by molar-refractivity contribution is 5.57. The maximum atomic E-state index is 12.0. The Labute approximate surface area is 150 Å². The summed E-state index contributed by atoms with van der Waals surface area (Å²) in [6, 6.07) is 10.2. The molecular formula is C20H19N5O. The molecule has 0 spiro atoms. The fraction of sp³-hybridized carbons (Fsp3) is 0.200. The van der Waals surface area contributed by atoms with Crippen LogP contribution in [0, 0.1) is 20.8 Å². The van der Waals surface area contributed by atoms with Crippen LogP contribution in [0.4, 0.5) is 0 Å². The first-order chi connectivity index (χ1) is 12.5. The van der Waals surface area contributed by atoms with Crippen molar-refractivity contribution in [2.45, 2.75) is 27.2 Å². The molecule has 130 valence electrons. The molecule has 6 nitrogen and oxygen atoms in total. The Balaban J connectivity index is 1.93. The SMILES string of the molecule is Cc1nc2c(Cc3ccccc3)nc(-c3ncc(C)c(=O)[nH]3)cn2c1C. The molecule has 3 heterocycles. The summed E-state index contributed by atoms with van der Waals surface area (Å²) in [6.45, 7) is 5.74. The zero-order valence-corrected chi connectivity index (χ0v) is 14.9. The third-order valence-corrected chi connectivity index (χ3v) is 4.59. The van der Waals surface area contributed by atoms with Crippen LogP contribution in [0.5, 0.6) is 0 Å². The number of aromatic nitrogens is 5. The molecule has 26 heavy (non-hydrogen) atoms. The van der Waals surface area contributed by atoms with Gasteiger partial charge < -0.3 is 9.38 Å². The van der Waals surface area contributed by atoms with Crippen LogP contribution in [0.2, 0.25) is 0 Å². The maximum absolute atomic E-state index is 12.0. The number of benzene rings is 1. The van der Waals surface area contributed by atoms with Crippen LogP contribution < -0.4 is 5.56 Å². The Morgan fingerprint density at radius 2 is 1.85 bits per heavy atom. The summed E-state index contributed by atoms with van der Waals surface area (Å²) in [5.74, 6) is 0.461. The highest BCUT2D eigenvalue weighted by Crippen LogP contribution is 2.21. The van der Waals surface area contributed by atoms with Gasteiger partial charge in [0.15, 0.2) is 11.5 Å². The van der Waals surface area contributed by atoms with E-state index in [0.29, 0.717) is 23.5 Å². The molecule has 4 rings (SSSR count). The molecule has 6 heteroatoms. The van der Waals surface area contributed by atoms with Gasteiger partial charge in [-0.2, -0.15) is 0 Å². The third kappa shape index (κ3) is 2.79. The number of nitrogens with zero attached hydrogens (tertiary/aromatic N) is 4. The lowest BCUT2D eigenvalue weighted by molar-refractivity contribution is 0.980. The molecule has 1 N–H and O–H groups in total. The van der Waals surface area contributed by atoms with Crippen LogP contribution in [-0.4, -0.2) is 24.3 Å². The highest BCUT2D eigenvalue weighted by atomic mass is 16.1. The van der Waals surface area contributed by atoms with E-state index in [4.69, 9.17) is 4.98 Å². The topological polar surface area (TPSA) is 75.9 Å². The molecule has 0 fully saturated rings. The fourth-order valence-corrected chi connectivity index (χ4v) is 2.95. The predicted octanol–water partition coefficient (Wildman–Crippen LogP) is 3.00. The molecule has 0 atom stereocenters. The van der Waals surface area contributed by atoms with Gasteiger partial charge in [-0.1, -0.05) is 30.3 Å². The van der Waals surface area contributed by atoms with Crippen LogP contribution >= 0.6 is 0 Å². The number of imidazole rings is 1. The van der Waals surface area contributed by atoms with E-state index < -0.39 is 0 Å². The molecule has 0 saturated heterocycles. The number of nitrogens with one attached hydrogen (secondary N) is 1. The normalized spacial score (nSPS) is 11.2. The van der Waals surface area contributed by atoms with Crippen molar-refractivity contribution in [2.24, 2.45) is 0 Å². The quantitative estimate of drug-likeness (QED) is 0.619. The van der Waals surface area contributed by atoms with E-state index in [9.17, 15) is 4.79 Å². The third-order valence-electron chi connectivity index (χ3n) is 4.59. The molecule has 0 bridgehead atoms. The van der Waals surface area contributed by atoms with E-state index in [1.54, 1.807) is 13.1 Å². The Morgan fingerprint density at radius 3 is 2.58 bits per heavy atom. The van der Waals surface area contributed by atoms with Gasteiger partial charge in [0.25, 0.3) is 5.56 Å². The Hall–Kier alpha value is -3.28. The smallest absolute Gasteiger partial charge is 0.254 e. The number of hydrogen-bond acceptors (Lipinski definition) is 4. The molecular weight excluding hydrogens is 326 g/mol. The van der Waals surface area contributed by atoms with Crippen LogP contribution in [0.3, 0.4) is 0 Å². The Morgan fingerprint density at radius 1 is 1.08 bits per heavy atom. The van der Waals surface area contributed by atoms with Crippen molar-refractivity contribution >= 4 is 5.65 Å². The second-order valence-electron chi connectivity index (χ2n) is 6.46. The van der Waals surface area contributed by atoms with Gasteiger partial charge in [-0.15, -0.1) is 0 Å². The van der Waals surface area contributed by atoms with E-state index in [0.717, 1.165) is 28.3 Å². The Bertz CT molecular complexity index is 1160. The van der Waals surface area contributed by atoms with Crippen molar-refractivity contribution in [2.75, 3.05) is 0 Å². The molecule has 3 aromatic heterocycles. The molecule has 1 aromatic carbocycles. The molecule has 0 unspecified atom stereocenters. The summed E-state index contributed by atoms with van der Waals surface area (Å²) in [4.78, 5) is 28.6. The summed E-state index contributed by atoms with van der Waals surface area (Å²) in [5.41, 5.74) is 5.91. The standard InChI is InChI=1S/C20H19N5O/c1-12-10-21-18(24-20(12)26)17-11-25-14(3)13(2)22-19(25)16(23-17)9-15-7-5-4-6-8-15/h4-8,10-11H,9H2,1-3H3,(H,21,24,26). The Kier molecular flexibility index (Phi) is 3.88. The van der Waals surface area contributed by atoms with Gasteiger partial charge in [0.05, 0.1) is 11.4 Å². The molecule has 0 aliphatic carbocycles. The highest BCUT2D eigenvalue weighted by Gasteiger charge is 2.15. The number of hydrogen-bond donors (Lipinski definition) is 1. The van der Waals surface area contributed by atoms with E-state index in [-0.39, 0.29) is 5.56 Å². The maximum Gasteiger partial charge on any atom is 0.254 e. The van der Waals surface area contributed by atoms with Crippen molar-refractivity contribution in [3.05, 3.63) is 81.3 Å². The van der Waals surface area contributed by atoms with Gasteiger partial charge in [0.1, 0.15) is 5.69 Å². The van der Waals surface area contributed by atoms with Crippen molar-refractivity contribution in [3.63, 3.8) is 0 Å². The van der Waals surface area contributed by atoms with Crippen LogP contribution in [0.1, 0.15) is 28.2 Å². The van der Waals surface area contributed by atoms with Crippen molar-refractivity contribution in [3.8, 4) is 11.5 Å². The summed E-state index contributed by atoms with van der Waals surface area (Å²) < 4.78 is 2.02. The second kappa shape index (κ2) is 6.22. The molecule has 0 aliphatic rings. The minimum Gasteiger partial charge on any atom is -0.305 e. The van der Waals surface area contributed by atoms with Gasteiger partial charge in [-0.05, 0) is 26.3 Å². The minimum atomic E-state index is -0.153. The molecule has 4 aromatic rings. The van der Waals surface area contributed by atoms with Gasteiger partial charge in [0, 0.05) is 30.1 Å². The van der Waals surface area contributed by atoms with Gasteiger partial charge in [-0.25, -0.2) is 15.0 Å². The first-order valence-corrected chi connectivity index (χ1v) is 8.48. The summed E-state index contributed by atoms with van der Waals surface area (Å²) >= 11 is 0. The van der Waals surface area contributed by atoms with Gasteiger partial charge in [-0.3, -0.25) is 4.79 Å². The summed E-state index contributed by atoms with van der Waals surface area (Å²) in [5, 5.41) is 0. The van der Waals surface area contributed by atoms with E-state index in [2.05, 4.69) is 27.1 Å². The van der Waals surface area contributed by atoms with Crippen LogP contribution in [-0.2, 0) is 6.42 Å². The van der Waals surface area contributed by atoms with Crippen molar-refractivity contribution in [1.82, 2.24) is 24.3 Å². The molecule has 0 aliphatic heterocycles. The number of aryl methyl sites for hydroxylation is 3. The first-order valence-electron chi connectivity index (χ1n) is 8.48. The van der Waals surface area contributed by atoms with Gasteiger partial charge in [0.2, 0.25) is 0 Å². The number of H-pyrrole nitrogens is 1. The first kappa shape index (κ1) is 16.2. The average molecular weight is 345 g/mol. The van der Waals surface area contributed by atoms with E-state index in [1.807, 2.05) is 42.6 Å². The summed E-state index contributed by atoms with van der Waals surface area (Å²) in [7, 11) is 0. The zero-order valence-electron chi connectivity index (χ0n) is 14.9. The molecule has 0 amide bonds. The van der Waals surface area contributed by atoms with E-state index >= 15 is 0 Å². The lowest BCUT2D eigenvalue weighted by atomic mass is 10.1. The van der Waals surface area contributed by atoms with Crippen molar-refractivity contribution in [1.29, 1.82) is 0 Å². The largest absolute Gasteiger partial charge is 0.305 e. The predicted molar refractivity (Wildman–Crippen MR) is 100 cm³/mol. The fourth-order valence-electron chi connectivity index (χ4n) is 2.95. The van der Waals surface area contributed by atoms with Crippen LogP contribution in [0.15, 0.2) is 47.5 Å². The molecule has 0 saturated carbocycles.